The Labute approximate surface area is 122 Å². The van der Waals surface area contributed by atoms with Crippen molar-refractivity contribution in [2.45, 2.75) is 58.3 Å². The third kappa shape index (κ3) is 4.44. The topological polar surface area (TPSA) is 42.2 Å². The minimum Gasteiger partial charge on any atom is -0.302 e. The van der Waals surface area contributed by atoms with Crippen molar-refractivity contribution in [3.05, 3.63) is 17.5 Å². The van der Waals surface area contributed by atoms with Crippen LogP contribution >= 0.6 is 0 Å². The molecule has 0 amide bonds. The molecule has 1 aliphatic rings. The highest BCUT2D eigenvalue weighted by Crippen LogP contribution is 2.22. The van der Waals surface area contributed by atoms with Gasteiger partial charge in [-0.25, -0.2) is 4.63 Å². The van der Waals surface area contributed by atoms with E-state index in [9.17, 15) is 0 Å². The normalized spacial score (nSPS) is 16.4. The van der Waals surface area contributed by atoms with Gasteiger partial charge in [-0.3, -0.25) is 0 Å². The maximum atomic E-state index is 4.97. The first-order valence-electron chi connectivity index (χ1n) is 8.00. The Morgan fingerprint density at radius 3 is 2.75 bits per heavy atom. The maximum absolute atomic E-state index is 4.97. The zero-order valence-electron chi connectivity index (χ0n) is 12.9. The van der Waals surface area contributed by atoms with Gasteiger partial charge in [0.15, 0.2) is 0 Å². The van der Waals surface area contributed by atoms with Crippen LogP contribution in [0.15, 0.2) is 10.7 Å². The summed E-state index contributed by atoms with van der Waals surface area (Å²) in [5, 5.41) is 8.23. The average Bonchev–Trinajstić information content (AvgIpc) is 2.91. The van der Waals surface area contributed by atoms with E-state index >= 15 is 0 Å². The van der Waals surface area contributed by atoms with E-state index in [0.717, 1.165) is 37.3 Å². The molecule has 2 heterocycles. The van der Waals surface area contributed by atoms with Gasteiger partial charge in [-0.1, -0.05) is 50.3 Å². The van der Waals surface area contributed by atoms with Crippen molar-refractivity contribution < 1.29 is 4.63 Å². The zero-order valence-corrected chi connectivity index (χ0v) is 12.9. The molecular formula is C16H27N3O. The number of nitrogens with zero attached hydrogens (tertiary/aromatic N) is 3. The minimum absolute atomic E-state index is 0.956. The van der Waals surface area contributed by atoms with Crippen molar-refractivity contribution in [3.63, 3.8) is 0 Å². The number of aromatic nitrogens is 2. The van der Waals surface area contributed by atoms with E-state index in [1.54, 1.807) is 0 Å². The fourth-order valence-electron chi connectivity index (χ4n) is 2.75. The summed E-state index contributed by atoms with van der Waals surface area (Å²) in [7, 11) is 2.15. The van der Waals surface area contributed by atoms with E-state index in [1.165, 1.54) is 44.1 Å². The van der Waals surface area contributed by atoms with Crippen molar-refractivity contribution in [2.75, 3.05) is 20.1 Å². The van der Waals surface area contributed by atoms with Crippen LogP contribution in [0.4, 0.5) is 0 Å². The molecular weight excluding hydrogens is 250 g/mol. The highest BCUT2D eigenvalue weighted by Gasteiger charge is 2.18. The molecule has 0 saturated carbocycles. The Morgan fingerprint density at radius 1 is 1.15 bits per heavy atom. The Hall–Kier alpha value is -1.16. The summed E-state index contributed by atoms with van der Waals surface area (Å²) in [6.45, 7) is 4.33. The van der Waals surface area contributed by atoms with Crippen LogP contribution < -0.4 is 0 Å². The summed E-state index contributed by atoms with van der Waals surface area (Å²) >= 11 is 0. The molecule has 1 aliphatic heterocycles. The van der Waals surface area contributed by atoms with Gasteiger partial charge in [0.25, 0.3) is 0 Å². The van der Waals surface area contributed by atoms with E-state index in [2.05, 4.69) is 35.3 Å². The van der Waals surface area contributed by atoms with Crippen LogP contribution in [-0.4, -0.2) is 35.4 Å². The Bertz CT molecular complexity index is 425. The molecule has 0 N–H and O–H groups in total. The largest absolute Gasteiger partial charge is 0.302 e. The fraction of sp³-hybridized carbons (Fsp3) is 0.750. The number of aryl methyl sites for hydroxylation is 1. The molecule has 0 spiro atoms. The summed E-state index contributed by atoms with van der Waals surface area (Å²) in [6, 6.07) is 0. The van der Waals surface area contributed by atoms with Crippen molar-refractivity contribution in [1.82, 2.24) is 15.2 Å². The van der Waals surface area contributed by atoms with Crippen LogP contribution in [0.25, 0.3) is 5.57 Å². The van der Waals surface area contributed by atoms with Crippen molar-refractivity contribution in [1.29, 1.82) is 0 Å². The maximum Gasteiger partial charge on any atom is 0.135 e. The van der Waals surface area contributed by atoms with Crippen LogP contribution in [0.5, 0.6) is 0 Å². The lowest BCUT2D eigenvalue weighted by Crippen LogP contribution is -2.25. The van der Waals surface area contributed by atoms with Gasteiger partial charge in [-0.2, -0.15) is 0 Å². The third-order valence-electron chi connectivity index (χ3n) is 3.97. The second-order valence-corrected chi connectivity index (χ2v) is 5.83. The first-order valence-corrected chi connectivity index (χ1v) is 8.00. The van der Waals surface area contributed by atoms with Gasteiger partial charge < -0.3 is 4.90 Å². The van der Waals surface area contributed by atoms with Crippen LogP contribution in [0.2, 0.25) is 0 Å². The molecule has 4 heteroatoms. The van der Waals surface area contributed by atoms with Crippen LogP contribution in [0.3, 0.4) is 0 Å². The first kappa shape index (κ1) is 15.2. The molecule has 0 radical (unpaired) electrons. The van der Waals surface area contributed by atoms with E-state index in [4.69, 9.17) is 4.63 Å². The van der Waals surface area contributed by atoms with Gasteiger partial charge in [0, 0.05) is 13.1 Å². The molecule has 0 bridgehead atoms. The number of rotatable bonds is 8. The molecule has 1 aromatic rings. The zero-order chi connectivity index (χ0) is 14.2. The molecule has 0 atom stereocenters. The Kier molecular flexibility index (Phi) is 6.25. The SMILES string of the molecule is CCCCCCCCc1nonc1C1=CCCN(C)C1. The lowest BCUT2D eigenvalue weighted by atomic mass is 10.0. The summed E-state index contributed by atoms with van der Waals surface area (Å²) < 4.78 is 4.97. The van der Waals surface area contributed by atoms with Crippen LogP contribution in [0, 0.1) is 0 Å². The molecule has 4 nitrogen and oxygen atoms in total. The molecule has 20 heavy (non-hydrogen) atoms. The van der Waals surface area contributed by atoms with E-state index in [1.807, 2.05) is 0 Å². The summed E-state index contributed by atoms with van der Waals surface area (Å²) in [5.74, 6) is 0. The fourth-order valence-corrected chi connectivity index (χ4v) is 2.75. The Morgan fingerprint density at radius 2 is 1.95 bits per heavy atom. The molecule has 0 fully saturated rings. The van der Waals surface area contributed by atoms with Crippen molar-refractivity contribution in [3.8, 4) is 0 Å². The average molecular weight is 277 g/mol. The molecule has 1 aromatic heterocycles. The summed E-state index contributed by atoms with van der Waals surface area (Å²) in [6.07, 6.45) is 12.2. The molecule has 112 valence electrons. The second kappa shape index (κ2) is 8.20. The van der Waals surface area contributed by atoms with Gasteiger partial charge in [0.05, 0.1) is 0 Å². The van der Waals surface area contributed by atoms with E-state index in [0.29, 0.717) is 0 Å². The Balaban J connectivity index is 1.81. The predicted octanol–water partition coefficient (Wildman–Crippen LogP) is 3.69. The highest BCUT2D eigenvalue weighted by molar-refractivity contribution is 5.65. The number of likely N-dealkylation sites (N-methyl/N-ethyl adjacent to an activating group) is 1. The molecule has 0 aromatic carbocycles. The minimum atomic E-state index is 0.956. The summed E-state index contributed by atoms with van der Waals surface area (Å²) in [5.41, 5.74) is 3.31. The van der Waals surface area contributed by atoms with Gasteiger partial charge in [0.2, 0.25) is 0 Å². The van der Waals surface area contributed by atoms with Gasteiger partial charge >= 0.3 is 0 Å². The van der Waals surface area contributed by atoms with Gasteiger partial charge in [-0.05, 0) is 37.0 Å². The van der Waals surface area contributed by atoms with Crippen LogP contribution in [-0.2, 0) is 6.42 Å². The van der Waals surface area contributed by atoms with Gasteiger partial charge in [0.1, 0.15) is 11.4 Å². The van der Waals surface area contributed by atoms with Crippen molar-refractivity contribution in [2.24, 2.45) is 0 Å². The smallest absolute Gasteiger partial charge is 0.135 e. The number of unbranched alkanes of at least 4 members (excludes halogenated alkanes) is 5. The predicted molar refractivity (Wildman–Crippen MR) is 81.5 cm³/mol. The van der Waals surface area contributed by atoms with Crippen LogP contribution in [0.1, 0.15) is 63.3 Å². The lowest BCUT2D eigenvalue weighted by molar-refractivity contribution is 0.301. The highest BCUT2D eigenvalue weighted by atomic mass is 16.6. The second-order valence-electron chi connectivity index (χ2n) is 5.83. The lowest BCUT2D eigenvalue weighted by Gasteiger charge is -2.21. The summed E-state index contributed by atoms with van der Waals surface area (Å²) in [4.78, 5) is 2.32. The molecule has 0 unspecified atom stereocenters. The van der Waals surface area contributed by atoms with E-state index in [-0.39, 0.29) is 0 Å². The molecule has 0 aliphatic carbocycles. The standard InChI is InChI=1S/C16H27N3O/c1-3-4-5-6-7-8-11-15-16(18-20-17-15)14-10-9-12-19(2)13-14/h10H,3-9,11-13H2,1-2H3. The van der Waals surface area contributed by atoms with E-state index < -0.39 is 0 Å². The van der Waals surface area contributed by atoms with Crippen molar-refractivity contribution >= 4 is 5.57 Å². The third-order valence-corrected chi connectivity index (χ3v) is 3.97. The molecule has 0 saturated heterocycles. The first-order chi connectivity index (χ1) is 9.81. The number of hydrogen-bond acceptors (Lipinski definition) is 4. The molecule has 2 rings (SSSR count). The quantitative estimate of drug-likeness (QED) is 0.680. The van der Waals surface area contributed by atoms with Gasteiger partial charge in [-0.15, -0.1) is 0 Å². The number of hydrogen-bond donors (Lipinski definition) is 0. The monoisotopic (exact) mass is 277 g/mol.